The van der Waals surface area contributed by atoms with Crippen LogP contribution in [0.4, 0.5) is 0 Å². The van der Waals surface area contributed by atoms with E-state index in [0.29, 0.717) is 6.61 Å². The SMILES string of the molecule is CCCSP(O)(=S)OCC.[K]. The van der Waals surface area contributed by atoms with E-state index in [-0.39, 0.29) is 51.4 Å². The second kappa shape index (κ2) is 9.12. The first-order valence-electron chi connectivity index (χ1n) is 3.24. The molecule has 2 nitrogen and oxygen atoms in total. The fraction of sp³-hybridized carbons (Fsp3) is 1.00. The maximum atomic E-state index is 9.31. The first-order valence-corrected chi connectivity index (χ1v) is 7.50. The Kier molecular flexibility index (Phi) is 13.3. The number of hydrogen-bond donors (Lipinski definition) is 1. The van der Waals surface area contributed by atoms with Crippen LogP contribution in [0.2, 0.25) is 0 Å². The van der Waals surface area contributed by atoms with Crippen molar-refractivity contribution >= 4 is 80.3 Å². The van der Waals surface area contributed by atoms with Crippen LogP contribution in [0.5, 0.6) is 0 Å². The van der Waals surface area contributed by atoms with Crippen LogP contribution in [0.25, 0.3) is 0 Å². The molecule has 0 heterocycles. The van der Waals surface area contributed by atoms with Gasteiger partial charge >= 0.3 is 0 Å². The van der Waals surface area contributed by atoms with E-state index in [9.17, 15) is 4.89 Å². The molecule has 0 saturated heterocycles. The molecule has 0 rings (SSSR count). The van der Waals surface area contributed by atoms with Crippen LogP contribution < -0.4 is 0 Å². The molecule has 0 fully saturated rings. The van der Waals surface area contributed by atoms with Crippen molar-refractivity contribution in [2.24, 2.45) is 0 Å². The largest absolute Gasteiger partial charge is 0.337 e. The van der Waals surface area contributed by atoms with Crippen LogP contribution in [0.15, 0.2) is 0 Å². The molecule has 0 saturated carbocycles. The van der Waals surface area contributed by atoms with Crippen LogP contribution in [0.1, 0.15) is 20.3 Å². The molecule has 0 aromatic carbocycles. The molecule has 0 aliphatic rings. The minimum absolute atomic E-state index is 0. The summed E-state index contributed by atoms with van der Waals surface area (Å²) in [4.78, 5) is 9.31. The van der Waals surface area contributed by atoms with Crippen LogP contribution in [-0.4, -0.2) is 68.6 Å². The summed E-state index contributed by atoms with van der Waals surface area (Å²) in [6.07, 6.45) is 1.02. The third-order valence-electron chi connectivity index (χ3n) is 0.751. The molecular weight excluding hydrogens is 226 g/mol. The van der Waals surface area contributed by atoms with Crippen LogP contribution in [0.3, 0.4) is 0 Å². The molecule has 63 valence electrons. The van der Waals surface area contributed by atoms with Crippen molar-refractivity contribution in [2.45, 2.75) is 20.3 Å². The Balaban J connectivity index is 0. The topological polar surface area (TPSA) is 29.5 Å². The van der Waals surface area contributed by atoms with Gasteiger partial charge in [0.1, 0.15) is 0 Å². The molecule has 0 amide bonds. The van der Waals surface area contributed by atoms with Crippen molar-refractivity contribution in [1.82, 2.24) is 0 Å². The van der Waals surface area contributed by atoms with Crippen molar-refractivity contribution < 1.29 is 9.42 Å². The minimum Gasteiger partial charge on any atom is -0.337 e. The smallest absolute Gasteiger partial charge is 0.244 e. The third-order valence-corrected chi connectivity index (χ3v) is 5.36. The summed E-state index contributed by atoms with van der Waals surface area (Å²) in [6, 6.07) is 0. The second-order valence-electron chi connectivity index (χ2n) is 1.72. The van der Waals surface area contributed by atoms with Gasteiger partial charge < -0.3 is 9.42 Å². The normalized spacial score (nSPS) is 15.2. The van der Waals surface area contributed by atoms with Gasteiger partial charge in [-0.15, -0.1) is 0 Å². The zero-order valence-corrected chi connectivity index (χ0v) is 12.9. The molecule has 1 radical (unpaired) electrons. The Morgan fingerprint density at radius 3 is 2.45 bits per heavy atom. The molecular formula is C5H13KO2PS2. The van der Waals surface area contributed by atoms with Gasteiger partial charge in [-0.3, -0.25) is 0 Å². The van der Waals surface area contributed by atoms with E-state index < -0.39 is 5.69 Å². The zero-order chi connectivity index (χ0) is 8.04. The fourth-order valence-electron chi connectivity index (χ4n) is 0.407. The van der Waals surface area contributed by atoms with E-state index >= 15 is 0 Å². The third kappa shape index (κ3) is 10.5. The predicted octanol–water partition coefficient (Wildman–Crippen LogP) is 2.00. The van der Waals surface area contributed by atoms with Crippen LogP contribution >= 0.6 is 17.1 Å². The summed E-state index contributed by atoms with van der Waals surface area (Å²) < 4.78 is 4.98. The summed E-state index contributed by atoms with van der Waals surface area (Å²) >= 11 is 6.18. The second-order valence-corrected chi connectivity index (χ2v) is 8.02. The summed E-state index contributed by atoms with van der Waals surface area (Å²) in [5, 5.41) is 0. The molecule has 0 aromatic rings. The van der Waals surface area contributed by atoms with Gasteiger partial charge in [-0.05, 0) is 25.2 Å². The van der Waals surface area contributed by atoms with E-state index in [2.05, 4.69) is 0 Å². The van der Waals surface area contributed by atoms with Crippen molar-refractivity contribution in [1.29, 1.82) is 0 Å². The molecule has 0 bridgehead atoms. The molecule has 1 N–H and O–H groups in total. The quantitative estimate of drug-likeness (QED) is 0.587. The van der Waals surface area contributed by atoms with Crippen molar-refractivity contribution in [2.75, 3.05) is 12.4 Å². The monoisotopic (exact) mass is 239 g/mol. The van der Waals surface area contributed by atoms with E-state index in [0.717, 1.165) is 12.2 Å². The van der Waals surface area contributed by atoms with Crippen LogP contribution in [0, 0.1) is 0 Å². The molecule has 1 atom stereocenters. The van der Waals surface area contributed by atoms with E-state index in [1.807, 2.05) is 13.8 Å². The summed E-state index contributed by atoms with van der Waals surface area (Å²) in [7, 11) is 0. The molecule has 0 aliphatic heterocycles. The Morgan fingerprint density at radius 2 is 2.09 bits per heavy atom. The van der Waals surface area contributed by atoms with Gasteiger partial charge in [0.05, 0.1) is 6.61 Å². The van der Waals surface area contributed by atoms with E-state index in [4.69, 9.17) is 16.3 Å². The predicted molar refractivity (Wildman–Crippen MR) is 56.6 cm³/mol. The van der Waals surface area contributed by atoms with Gasteiger partial charge in [0, 0.05) is 57.1 Å². The fourth-order valence-corrected chi connectivity index (χ4v) is 3.99. The molecule has 1 unspecified atom stereocenters. The first kappa shape index (κ1) is 16.0. The number of rotatable bonds is 5. The Morgan fingerprint density at radius 1 is 1.55 bits per heavy atom. The minimum atomic E-state index is -2.46. The summed E-state index contributed by atoms with van der Waals surface area (Å²) in [5.41, 5.74) is -2.46. The van der Waals surface area contributed by atoms with E-state index in [1.54, 1.807) is 0 Å². The van der Waals surface area contributed by atoms with Gasteiger partial charge in [-0.25, -0.2) is 0 Å². The maximum absolute atomic E-state index is 9.31. The van der Waals surface area contributed by atoms with Gasteiger partial charge in [-0.1, -0.05) is 18.3 Å². The van der Waals surface area contributed by atoms with Crippen molar-refractivity contribution in [3.63, 3.8) is 0 Å². The van der Waals surface area contributed by atoms with Gasteiger partial charge in [0.15, 0.2) is 0 Å². The molecule has 11 heavy (non-hydrogen) atoms. The number of hydrogen-bond acceptors (Lipinski definition) is 3. The standard InChI is InChI=1S/C5H13O2PS2.K/c1-3-5-10-8(6,9)7-4-2;/h3-5H2,1-2H3,(H,6,9);. The average Bonchev–Trinajstić information content (AvgIpc) is 1.84. The van der Waals surface area contributed by atoms with Crippen molar-refractivity contribution in [3.05, 3.63) is 0 Å². The van der Waals surface area contributed by atoms with E-state index in [1.165, 1.54) is 11.4 Å². The van der Waals surface area contributed by atoms with Gasteiger partial charge in [-0.2, -0.15) is 0 Å². The Bertz CT molecular complexity index is 134. The van der Waals surface area contributed by atoms with Crippen LogP contribution in [-0.2, 0) is 16.3 Å². The zero-order valence-electron chi connectivity index (χ0n) is 7.24. The average molecular weight is 239 g/mol. The van der Waals surface area contributed by atoms with Gasteiger partial charge in [0.2, 0.25) is 5.69 Å². The summed E-state index contributed by atoms with van der Waals surface area (Å²) in [6.45, 7) is 4.39. The molecule has 6 heteroatoms. The summed E-state index contributed by atoms with van der Waals surface area (Å²) in [5.74, 6) is 0.883. The Hall–Kier alpha value is 2.56. The molecule has 0 spiro atoms. The molecule has 0 aromatic heterocycles. The van der Waals surface area contributed by atoms with Crippen molar-refractivity contribution in [3.8, 4) is 0 Å². The first-order chi connectivity index (χ1) is 4.62. The van der Waals surface area contributed by atoms with Gasteiger partial charge in [0.25, 0.3) is 0 Å². The molecule has 0 aliphatic carbocycles. The Labute approximate surface area is 120 Å². The maximum Gasteiger partial charge on any atom is 0.244 e.